The molecule has 0 spiro atoms. The number of amides is 1. The van der Waals surface area contributed by atoms with Crippen LogP contribution < -0.4 is 15.8 Å². The molecule has 2 N–H and O–H groups in total. The molecule has 2 aliphatic rings. The highest BCUT2D eigenvalue weighted by molar-refractivity contribution is 5.90. The number of nitrogens with zero attached hydrogens (tertiary/aromatic N) is 6. The van der Waals surface area contributed by atoms with E-state index in [1.54, 1.807) is 4.90 Å². The van der Waals surface area contributed by atoms with Gasteiger partial charge in [0, 0.05) is 31.9 Å². The van der Waals surface area contributed by atoms with Crippen LogP contribution in [0.3, 0.4) is 0 Å². The van der Waals surface area contributed by atoms with Gasteiger partial charge in [-0.05, 0) is 18.2 Å². The van der Waals surface area contributed by atoms with E-state index in [-0.39, 0.29) is 36.5 Å². The van der Waals surface area contributed by atoms with Crippen LogP contribution in [0.15, 0.2) is 35.6 Å². The van der Waals surface area contributed by atoms with Crippen LogP contribution in [0.4, 0.5) is 35.0 Å². The normalized spacial score (nSPS) is 17.1. The second-order valence-electron chi connectivity index (χ2n) is 7.52. The lowest BCUT2D eigenvalue weighted by Gasteiger charge is -2.32. The molecule has 2 saturated heterocycles. The summed E-state index contributed by atoms with van der Waals surface area (Å²) in [6, 6.07) is 4.75. The number of rotatable bonds is 6. The molecular formula is C22H28F4N8O2. The van der Waals surface area contributed by atoms with Crippen LogP contribution in [-0.2, 0) is 15.7 Å². The number of carbonyl (C=O) groups is 1. The van der Waals surface area contributed by atoms with Gasteiger partial charge in [0.2, 0.25) is 11.9 Å². The number of benzene rings is 1. The highest BCUT2D eigenvalue weighted by atomic mass is 19.4. The molecule has 1 aromatic heterocycles. The Morgan fingerprint density at radius 1 is 1.14 bits per heavy atom. The van der Waals surface area contributed by atoms with Crippen molar-refractivity contribution in [3.05, 3.63) is 41.8 Å². The summed E-state index contributed by atoms with van der Waals surface area (Å²) in [4.78, 5) is 23.5. The van der Waals surface area contributed by atoms with Crippen molar-refractivity contribution < 1.29 is 27.1 Å². The molecule has 0 bridgehead atoms. The first-order valence-electron chi connectivity index (χ1n) is 11.4. The van der Waals surface area contributed by atoms with E-state index < -0.39 is 17.6 Å². The van der Waals surface area contributed by atoms with Gasteiger partial charge >= 0.3 is 6.18 Å². The van der Waals surface area contributed by atoms with Crippen LogP contribution in [0, 0.1) is 5.82 Å². The number of nitrogens with one attached hydrogen (secondary N) is 2. The Morgan fingerprint density at radius 3 is 2.58 bits per heavy atom. The predicted molar refractivity (Wildman–Crippen MR) is 127 cm³/mol. The molecule has 1 amide bonds. The molecule has 1 aromatic carbocycles. The van der Waals surface area contributed by atoms with Crippen molar-refractivity contribution in [3.8, 4) is 0 Å². The highest BCUT2D eigenvalue weighted by Crippen LogP contribution is 2.30. The first-order chi connectivity index (χ1) is 17.3. The lowest BCUT2D eigenvalue weighted by Crippen LogP contribution is -2.51. The van der Waals surface area contributed by atoms with Crippen molar-refractivity contribution in [2.24, 2.45) is 5.10 Å². The monoisotopic (exact) mass is 512 g/mol. The van der Waals surface area contributed by atoms with Gasteiger partial charge in [0.15, 0.2) is 11.6 Å². The lowest BCUT2D eigenvalue weighted by atomic mass is 10.2. The zero-order valence-electron chi connectivity index (χ0n) is 19.9. The molecule has 196 valence electrons. The summed E-state index contributed by atoms with van der Waals surface area (Å²) in [5.74, 6) is -0.667. The molecule has 3 heterocycles. The minimum absolute atomic E-state index is 0.0661. The molecule has 2 aromatic rings. The number of ether oxygens (including phenoxy) is 1. The van der Waals surface area contributed by atoms with E-state index in [4.69, 9.17) is 4.74 Å². The third-order valence-electron chi connectivity index (χ3n) is 5.13. The van der Waals surface area contributed by atoms with Gasteiger partial charge in [-0.15, -0.1) is 0 Å². The zero-order valence-corrected chi connectivity index (χ0v) is 19.9. The quantitative estimate of drug-likeness (QED) is 0.264. The molecule has 0 unspecified atom stereocenters. The van der Waals surface area contributed by atoms with Crippen molar-refractivity contribution in [1.82, 2.24) is 19.9 Å². The average molecular weight is 513 g/mol. The number of halogens is 4. The van der Waals surface area contributed by atoms with Gasteiger partial charge in [0.05, 0.1) is 31.5 Å². The molecule has 0 radical (unpaired) electrons. The minimum Gasteiger partial charge on any atom is -0.378 e. The van der Waals surface area contributed by atoms with E-state index in [2.05, 4.69) is 25.9 Å². The summed E-state index contributed by atoms with van der Waals surface area (Å²) in [6.07, 6.45) is -2.14. The summed E-state index contributed by atoms with van der Waals surface area (Å²) in [5, 5.41) is 5.48. The van der Waals surface area contributed by atoms with Gasteiger partial charge in [-0.25, -0.2) is 19.8 Å². The van der Waals surface area contributed by atoms with E-state index in [0.717, 1.165) is 18.3 Å². The van der Waals surface area contributed by atoms with Crippen molar-refractivity contribution in [3.63, 3.8) is 0 Å². The fourth-order valence-electron chi connectivity index (χ4n) is 3.42. The molecule has 0 atom stereocenters. The van der Waals surface area contributed by atoms with Crippen molar-refractivity contribution in [1.29, 1.82) is 0 Å². The summed E-state index contributed by atoms with van der Waals surface area (Å²) < 4.78 is 58.0. The highest BCUT2D eigenvalue weighted by Gasteiger charge is 2.31. The number of hydrogen-bond donors (Lipinski definition) is 2. The van der Waals surface area contributed by atoms with E-state index in [1.165, 1.54) is 28.4 Å². The number of morpholine rings is 1. The van der Waals surface area contributed by atoms with Crippen LogP contribution in [0.25, 0.3) is 0 Å². The van der Waals surface area contributed by atoms with Gasteiger partial charge in [0.1, 0.15) is 6.34 Å². The zero-order chi connectivity index (χ0) is 26.1. The summed E-state index contributed by atoms with van der Waals surface area (Å²) in [5.41, 5.74) is 4.86. The Hall–Kier alpha value is -3.52. The Kier molecular flexibility index (Phi) is 9.36. The Balaban J connectivity index is 0.00000176. The number of aromatic nitrogens is 2. The van der Waals surface area contributed by atoms with E-state index in [1.807, 2.05) is 13.8 Å². The molecule has 10 nitrogen and oxygen atoms in total. The molecule has 0 aliphatic carbocycles. The van der Waals surface area contributed by atoms with E-state index in [0.29, 0.717) is 32.8 Å². The van der Waals surface area contributed by atoms with Crippen molar-refractivity contribution in [2.75, 3.05) is 61.7 Å². The Bertz CT molecular complexity index is 1050. The van der Waals surface area contributed by atoms with Crippen LogP contribution in [-0.4, -0.2) is 78.1 Å². The van der Waals surface area contributed by atoms with Crippen LogP contribution in [0.5, 0.6) is 0 Å². The number of piperazine rings is 1. The van der Waals surface area contributed by atoms with Crippen LogP contribution >= 0.6 is 0 Å². The largest absolute Gasteiger partial charge is 0.416 e. The van der Waals surface area contributed by atoms with Gasteiger partial charge in [-0.3, -0.25) is 9.69 Å². The SMILES string of the molecule is CC.O=C1CN(Nc2cccc(C(F)(F)F)c2)CCN1/C=N/Nc1ncc(F)c(N2CCOCC2)n1. The molecule has 36 heavy (non-hydrogen) atoms. The fourth-order valence-corrected chi connectivity index (χ4v) is 3.42. The van der Waals surface area contributed by atoms with E-state index in [9.17, 15) is 22.4 Å². The second-order valence-corrected chi connectivity index (χ2v) is 7.52. The summed E-state index contributed by atoms with van der Waals surface area (Å²) >= 11 is 0. The summed E-state index contributed by atoms with van der Waals surface area (Å²) in [6.45, 7) is 6.48. The first-order valence-corrected chi connectivity index (χ1v) is 11.4. The predicted octanol–water partition coefficient (Wildman–Crippen LogP) is 3.02. The molecule has 0 saturated carbocycles. The standard InChI is InChI=1S/C20H22F4N8O2.C2H6/c21-16-11-25-19(27-18(16)30-6-8-34-9-7-30)28-26-13-31-4-5-32(12-17(31)33)29-15-3-1-2-14(10-15)20(22,23)24;1-2/h1-3,10-11,13,29H,4-9,12H2,(H,25,27,28);1-2H3/b26-13+;. The first kappa shape index (κ1) is 27.1. The topological polar surface area (TPSA) is 98.2 Å². The average Bonchev–Trinajstić information content (AvgIpc) is 2.88. The Morgan fingerprint density at radius 2 is 1.89 bits per heavy atom. The van der Waals surface area contributed by atoms with E-state index >= 15 is 0 Å². The van der Waals surface area contributed by atoms with Gasteiger partial charge in [-0.2, -0.15) is 23.3 Å². The fraction of sp³-hybridized carbons (Fsp3) is 0.455. The smallest absolute Gasteiger partial charge is 0.378 e. The van der Waals surface area contributed by atoms with Crippen LogP contribution in [0.1, 0.15) is 19.4 Å². The number of alkyl halides is 3. The summed E-state index contributed by atoms with van der Waals surface area (Å²) in [7, 11) is 0. The lowest BCUT2D eigenvalue weighted by molar-refractivity contribution is -0.137. The van der Waals surface area contributed by atoms with Gasteiger partial charge in [0.25, 0.3) is 0 Å². The van der Waals surface area contributed by atoms with Crippen molar-refractivity contribution >= 4 is 29.7 Å². The van der Waals surface area contributed by atoms with Crippen LogP contribution in [0.2, 0.25) is 0 Å². The number of carbonyl (C=O) groups excluding carboxylic acids is 1. The Labute approximate surface area is 205 Å². The number of hydrogen-bond acceptors (Lipinski definition) is 9. The van der Waals surface area contributed by atoms with Gasteiger partial charge in [-0.1, -0.05) is 19.9 Å². The minimum atomic E-state index is -4.45. The van der Waals surface area contributed by atoms with Crippen molar-refractivity contribution in [2.45, 2.75) is 20.0 Å². The maximum Gasteiger partial charge on any atom is 0.416 e. The third-order valence-corrected chi connectivity index (χ3v) is 5.13. The molecular weight excluding hydrogens is 484 g/mol. The molecule has 2 fully saturated rings. The molecule has 4 rings (SSSR count). The maximum absolute atomic E-state index is 14.1. The molecule has 2 aliphatic heterocycles. The third kappa shape index (κ3) is 7.24. The second kappa shape index (κ2) is 12.4. The molecule has 14 heteroatoms. The maximum atomic E-state index is 14.1. The number of hydrazine groups is 1. The van der Waals surface area contributed by atoms with Gasteiger partial charge < -0.3 is 15.1 Å². The number of anilines is 3. The number of hydrazone groups is 1.